The molecular weight excluding hydrogens is 450 g/mol. The van der Waals surface area contributed by atoms with E-state index in [4.69, 9.17) is 16.3 Å². The van der Waals surface area contributed by atoms with E-state index in [0.29, 0.717) is 10.2 Å². The Balaban J connectivity index is 1.93. The Hall–Kier alpha value is -1.59. The third-order valence-corrected chi connectivity index (χ3v) is 6.38. The maximum absolute atomic E-state index is 12.9. The third-order valence-electron chi connectivity index (χ3n) is 3.87. The van der Waals surface area contributed by atoms with Crippen molar-refractivity contribution in [2.75, 3.05) is 19.7 Å². The van der Waals surface area contributed by atoms with Crippen LogP contribution in [0.1, 0.15) is 11.7 Å². The van der Waals surface area contributed by atoms with Gasteiger partial charge in [0.2, 0.25) is 10.0 Å². The number of ether oxygens (including phenoxy) is 1. The molecule has 1 saturated heterocycles. The van der Waals surface area contributed by atoms with Crippen LogP contribution in [0.15, 0.2) is 45.9 Å². The standard InChI is InChI=1S/C15H13BrClN3O5S/c16-14-7-10(8-15(17)18-14)12-9-19(5-6-25-12)26(23,24)13-4-2-1-3-11(13)20(21)22/h1-4,7-8,12H,5-6,9H2. The minimum atomic E-state index is -4.05. The highest BCUT2D eigenvalue weighted by molar-refractivity contribution is 9.10. The first-order valence-electron chi connectivity index (χ1n) is 7.47. The van der Waals surface area contributed by atoms with Crippen molar-refractivity contribution in [3.05, 3.63) is 61.8 Å². The van der Waals surface area contributed by atoms with E-state index in [1.165, 1.54) is 28.6 Å². The van der Waals surface area contributed by atoms with Crippen molar-refractivity contribution in [3.63, 3.8) is 0 Å². The minimum absolute atomic E-state index is 0.0150. The van der Waals surface area contributed by atoms with E-state index < -0.39 is 26.7 Å². The van der Waals surface area contributed by atoms with Crippen LogP contribution in [0.5, 0.6) is 0 Å². The number of morpholine rings is 1. The number of hydrogen-bond acceptors (Lipinski definition) is 6. The summed E-state index contributed by atoms with van der Waals surface area (Å²) in [4.78, 5) is 14.1. The van der Waals surface area contributed by atoms with Crippen molar-refractivity contribution in [1.82, 2.24) is 9.29 Å². The summed E-state index contributed by atoms with van der Waals surface area (Å²) in [7, 11) is -4.05. The lowest BCUT2D eigenvalue weighted by Gasteiger charge is -2.32. The Morgan fingerprint density at radius 1 is 1.35 bits per heavy atom. The Morgan fingerprint density at radius 2 is 2.08 bits per heavy atom. The number of hydrogen-bond donors (Lipinski definition) is 0. The van der Waals surface area contributed by atoms with Gasteiger partial charge >= 0.3 is 0 Å². The summed E-state index contributed by atoms with van der Waals surface area (Å²) in [6.07, 6.45) is -0.557. The first kappa shape index (κ1) is 19.2. The molecule has 3 rings (SSSR count). The van der Waals surface area contributed by atoms with Gasteiger partial charge < -0.3 is 4.74 Å². The highest BCUT2D eigenvalue weighted by atomic mass is 79.9. The van der Waals surface area contributed by atoms with Crippen LogP contribution >= 0.6 is 27.5 Å². The number of nitro groups is 1. The number of halogens is 2. The summed E-state index contributed by atoms with van der Waals surface area (Å²) >= 11 is 9.18. The van der Waals surface area contributed by atoms with Gasteiger partial charge in [0.15, 0.2) is 4.90 Å². The van der Waals surface area contributed by atoms with Crippen LogP contribution in [-0.4, -0.2) is 42.3 Å². The molecule has 0 spiro atoms. The zero-order valence-corrected chi connectivity index (χ0v) is 16.4. The van der Waals surface area contributed by atoms with E-state index in [0.717, 1.165) is 0 Å². The summed E-state index contributed by atoms with van der Waals surface area (Å²) in [6.45, 7) is 0.272. The van der Waals surface area contributed by atoms with Gasteiger partial charge in [-0.3, -0.25) is 10.1 Å². The van der Waals surface area contributed by atoms with E-state index in [2.05, 4.69) is 20.9 Å². The summed E-state index contributed by atoms with van der Waals surface area (Å²) in [5, 5.41) is 11.4. The molecule has 0 amide bonds. The molecule has 1 unspecified atom stereocenters. The highest BCUT2D eigenvalue weighted by Gasteiger charge is 2.35. The average molecular weight is 463 g/mol. The third kappa shape index (κ3) is 3.89. The molecule has 0 saturated carbocycles. The molecule has 11 heteroatoms. The van der Waals surface area contributed by atoms with Crippen LogP contribution in [0.4, 0.5) is 5.69 Å². The number of nitrogens with zero attached hydrogens (tertiary/aromatic N) is 3. The van der Waals surface area contributed by atoms with Gasteiger partial charge in [-0.25, -0.2) is 13.4 Å². The molecule has 0 N–H and O–H groups in total. The molecule has 1 atom stereocenters. The minimum Gasteiger partial charge on any atom is -0.371 e. The fourth-order valence-electron chi connectivity index (χ4n) is 2.68. The molecular formula is C15H13BrClN3O5S. The van der Waals surface area contributed by atoms with Gasteiger partial charge in [-0.15, -0.1) is 0 Å². The number of pyridine rings is 1. The summed E-state index contributed by atoms with van der Waals surface area (Å²) < 4.78 is 33.2. The van der Waals surface area contributed by atoms with Crippen LogP contribution < -0.4 is 0 Å². The average Bonchev–Trinajstić information content (AvgIpc) is 2.61. The van der Waals surface area contributed by atoms with E-state index in [9.17, 15) is 18.5 Å². The smallest absolute Gasteiger partial charge is 0.289 e. The van der Waals surface area contributed by atoms with Crippen LogP contribution in [0.25, 0.3) is 0 Å². The molecule has 0 bridgehead atoms. The molecule has 8 nitrogen and oxygen atoms in total. The molecule has 2 aromatic rings. The van der Waals surface area contributed by atoms with Crippen molar-refractivity contribution in [3.8, 4) is 0 Å². The Morgan fingerprint density at radius 3 is 2.77 bits per heavy atom. The van der Waals surface area contributed by atoms with E-state index in [-0.39, 0.29) is 29.7 Å². The van der Waals surface area contributed by atoms with Gasteiger partial charge in [-0.2, -0.15) is 4.31 Å². The predicted molar refractivity (Wildman–Crippen MR) is 97.5 cm³/mol. The number of nitro benzene ring substituents is 1. The molecule has 1 aromatic carbocycles. The molecule has 0 radical (unpaired) electrons. The molecule has 26 heavy (non-hydrogen) atoms. The zero-order chi connectivity index (χ0) is 18.9. The van der Waals surface area contributed by atoms with Crippen molar-refractivity contribution in [2.24, 2.45) is 0 Å². The van der Waals surface area contributed by atoms with Crippen LogP contribution in [0.2, 0.25) is 5.15 Å². The normalized spacial score (nSPS) is 18.6. The van der Waals surface area contributed by atoms with Gasteiger partial charge in [0.05, 0.1) is 17.6 Å². The molecule has 1 fully saturated rings. The zero-order valence-electron chi connectivity index (χ0n) is 13.2. The number of para-hydroxylation sites is 1. The Bertz CT molecular complexity index is 936. The molecule has 2 heterocycles. The lowest BCUT2D eigenvalue weighted by Crippen LogP contribution is -2.42. The van der Waals surface area contributed by atoms with Gasteiger partial charge in [0.1, 0.15) is 9.76 Å². The maximum atomic E-state index is 12.9. The van der Waals surface area contributed by atoms with E-state index in [1.54, 1.807) is 12.1 Å². The Kier molecular flexibility index (Phi) is 5.58. The van der Waals surface area contributed by atoms with Crippen LogP contribution in [0, 0.1) is 10.1 Å². The van der Waals surface area contributed by atoms with Gasteiger partial charge in [0, 0.05) is 19.2 Å². The lowest BCUT2D eigenvalue weighted by atomic mass is 10.1. The SMILES string of the molecule is O=[N+]([O-])c1ccccc1S(=O)(=O)N1CCOC(c2cc(Cl)nc(Br)c2)C1. The fraction of sp³-hybridized carbons (Fsp3) is 0.267. The quantitative estimate of drug-likeness (QED) is 0.393. The second kappa shape index (κ2) is 7.57. The summed E-state index contributed by atoms with van der Waals surface area (Å²) in [5.74, 6) is 0. The van der Waals surface area contributed by atoms with E-state index in [1.807, 2.05) is 0 Å². The van der Waals surface area contributed by atoms with Gasteiger partial charge in [-0.1, -0.05) is 23.7 Å². The first-order valence-corrected chi connectivity index (χ1v) is 10.1. The summed E-state index contributed by atoms with van der Waals surface area (Å²) in [5.41, 5.74) is 0.213. The fourth-order valence-corrected chi connectivity index (χ4v) is 5.04. The topological polar surface area (TPSA) is 103 Å². The molecule has 0 aliphatic carbocycles. The highest BCUT2D eigenvalue weighted by Crippen LogP contribution is 2.31. The van der Waals surface area contributed by atoms with Crippen molar-refractivity contribution in [1.29, 1.82) is 0 Å². The summed E-state index contributed by atoms with van der Waals surface area (Å²) in [6, 6.07) is 8.57. The molecule has 138 valence electrons. The maximum Gasteiger partial charge on any atom is 0.289 e. The van der Waals surface area contributed by atoms with Crippen molar-refractivity contribution in [2.45, 2.75) is 11.0 Å². The molecule has 1 aliphatic heterocycles. The number of sulfonamides is 1. The number of aromatic nitrogens is 1. The van der Waals surface area contributed by atoms with E-state index >= 15 is 0 Å². The largest absolute Gasteiger partial charge is 0.371 e. The lowest BCUT2D eigenvalue weighted by molar-refractivity contribution is -0.387. The molecule has 1 aliphatic rings. The van der Waals surface area contributed by atoms with Gasteiger partial charge in [0.25, 0.3) is 5.69 Å². The monoisotopic (exact) mass is 461 g/mol. The van der Waals surface area contributed by atoms with Crippen LogP contribution in [0.3, 0.4) is 0 Å². The first-order chi connectivity index (χ1) is 12.3. The van der Waals surface area contributed by atoms with Crippen LogP contribution in [-0.2, 0) is 14.8 Å². The second-order valence-corrected chi connectivity index (χ2v) is 8.60. The Labute approximate surface area is 163 Å². The molecule has 1 aromatic heterocycles. The second-order valence-electron chi connectivity index (χ2n) is 5.49. The predicted octanol–water partition coefficient (Wildman–Crippen LogP) is 3.17. The number of benzene rings is 1. The van der Waals surface area contributed by atoms with Crippen molar-refractivity contribution < 1.29 is 18.1 Å². The van der Waals surface area contributed by atoms with Gasteiger partial charge in [-0.05, 0) is 39.7 Å². The number of rotatable bonds is 4. The van der Waals surface area contributed by atoms with Crippen molar-refractivity contribution >= 4 is 43.2 Å².